The molecule has 21 heavy (non-hydrogen) atoms. The van der Waals surface area contributed by atoms with Crippen LogP contribution in [0.3, 0.4) is 0 Å². The number of hydrogen-bond donors (Lipinski definition) is 0. The number of carbonyl (C=O) groups is 1. The van der Waals surface area contributed by atoms with E-state index in [2.05, 4.69) is 15.9 Å². The van der Waals surface area contributed by atoms with Gasteiger partial charge < -0.3 is 14.4 Å². The molecule has 0 saturated carbocycles. The molecule has 0 spiro atoms. The number of ether oxygens (including phenoxy) is 2. The molecule has 1 aliphatic rings. The normalized spacial score (nSPS) is 15.8. The molecule has 0 bridgehead atoms. The van der Waals surface area contributed by atoms with Gasteiger partial charge in [0, 0.05) is 5.56 Å². The standard InChI is InChI=1S/C15H19BrFNO3/c1-15(2,3)21-14(19)18-7-11(8-18)20-9-10-5-4-6-12(16)13(10)17/h4-6,11H,7-9H2,1-3H3. The van der Waals surface area contributed by atoms with Crippen LogP contribution in [0.4, 0.5) is 9.18 Å². The topological polar surface area (TPSA) is 38.8 Å². The second kappa shape index (κ2) is 6.32. The number of hydrogen-bond acceptors (Lipinski definition) is 3. The van der Waals surface area contributed by atoms with Crippen molar-refractivity contribution in [1.82, 2.24) is 4.90 Å². The van der Waals surface area contributed by atoms with Gasteiger partial charge in [0.2, 0.25) is 0 Å². The molecule has 6 heteroatoms. The van der Waals surface area contributed by atoms with Crippen molar-refractivity contribution in [2.24, 2.45) is 0 Å². The van der Waals surface area contributed by atoms with E-state index in [0.717, 1.165) is 0 Å². The summed E-state index contributed by atoms with van der Waals surface area (Å²) in [6, 6.07) is 5.09. The van der Waals surface area contributed by atoms with Crippen LogP contribution in [0.15, 0.2) is 22.7 Å². The maximum absolute atomic E-state index is 13.8. The number of amides is 1. The highest BCUT2D eigenvalue weighted by atomic mass is 79.9. The van der Waals surface area contributed by atoms with E-state index in [-0.39, 0.29) is 24.6 Å². The van der Waals surface area contributed by atoms with Crippen LogP contribution in [-0.2, 0) is 16.1 Å². The van der Waals surface area contributed by atoms with E-state index in [1.165, 1.54) is 0 Å². The summed E-state index contributed by atoms with van der Waals surface area (Å²) in [5.41, 5.74) is 0.00254. The minimum atomic E-state index is -0.498. The zero-order valence-electron chi connectivity index (χ0n) is 12.4. The molecule has 1 aromatic carbocycles. The number of likely N-dealkylation sites (tertiary alicyclic amines) is 1. The van der Waals surface area contributed by atoms with E-state index >= 15 is 0 Å². The molecule has 0 aromatic heterocycles. The average molecular weight is 360 g/mol. The summed E-state index contributed by atoms with van der Waals surface area (Å²) in [4.78, 5) is 13.3. The fourth-order valence-electron chi connectivity index (χ4n) is 1.89. The Bertz CT molecular complexity index is 524. The van der Waals surface area contributed by atoms with Crippen LogP contribution in [-0.4, -0.2) is 35.8 Å². The predicted molar refractivity (Wildman–Crippen MR) is 80.5 cm³/mol. The van der Waals surface area contributed by atoms with E-state index in [1.54, 1.807) is 23.1 Å². The van der Waals surface area contributed by atoms with Crippen molar-refractivity contribution in [2.45, 2.75) is 39.1 Å². The minimum Gasteiger partial charge on any atom is -0.444 e. The van der Waals surface area contributed by atoms with Crippen molar-refractivity contribution in [2.75, 3.05) is 13.1 Å². The molecule has 1 amide bonds. The lowest BCUT2D eigenvalue weighted by molar-refractivity contribution is -0.0696. The molecular formula is C15H19BrFNO3. The summed E-state index contributed by atoms with van der Waals surface area (Å²) in [7, 11) is 0. The van der Waals surface area contributed by atoms with Crippen LogP contribution in [0, 0.1) is 5.82 Å². The van der Waals surface area contributed by atoms with Gasteiger partial charge in [-0.2, -0.15) is 0 Å². The summed E-state index contributed by atoms with van der Waals surface area (Å²) in [5, 5.41) is 0. The van der Waals surface area contributed by atoms with E-state index in [0.29, 0.717) is 23.1 Å². The largest absolute Gasteiger partial charge is 0.444 e. The lowest BCUT2D eigenvalue weighted by Gasteiger charge is -2.39. The Hall–Kier alpha value is -1.14. The first kappa shape index (κ1) is 16.2. The number of rotatable bonds is 3. The summed E-state index contributed by atoms with van der Waals surface area (Å²) in [5.74, 6) is -0.305. The van der Waals surface area contributed by atoms with Gasteiger partial charge in [0.1, 0.15) is 11.4 Å². The molecule has 1 fully saturated rings. The first-order chi connectivity index (χ1) is 9.76. The van der Waals surface area contributed by atoms with E-state index in [1.807, 2.05) is 20.8 Å². The molecule has 0 aliphatic carbocycles. The van der Waals surface area contributed by atoms with Gasteiger partial charge in [-0.05, 0) is 42.8 Å². The van der Waals surface area contributed by atoms with Gasteiger partial charge in [-0.3, -0.25) is 0 Å². The minimum absolute atomic E-state index is 0.0732. The summed E-state index contributed by atoms with van der Waals surface area (Å²) in [6.45, 7) is 6.63. The zero-order chi connectivity index (χ0) is 15.6. The molecule has 116 valence electrons. The van der Waals surface area contributed by atoms with Gasteiger partial charge in [0.15, 0.2) is 0 Å². The smallest absolute Gasteiger partial charge is 0.410 e. The number of benzene rings is 1. The van der Waals surface area contributed by atoms with Crippen LogP contribution < -0.4 is 0 Å². The summed E-state index contributed by atoms with van der Waals surface area (Å²) >= 11 is 3.14. The highest BCUT2D eigenvalue weighted by Gasteiger charge is 2.34. The van der Waals surface area contributed by atoms with Gasteiger partial charge in [-0.15, -0.1) is 0 Å². The van der Waals surface area contributed by atoms with Gasteiger partial charge >= 0.3 is 6.09 Å². The van der Waals surface area contributed by atoms with Crippen LogP contribution in [0.5, 0.6) is 0 Å². The molecule has 0 N–H and O–H groups in total. The fraction of sp³-hybridized carbons (Fsp3) is 0.533. The van der Waals surface area contributed by atoms with Gasteiger partial charge in [-0.25, -0.2) is 9.18 Å². The maximum atomic E-state index is 13.8. The summed E-state index contributed by atoms with van der Waals surface area (Å²) in [6.07, 6.45) is -0.410. The van der Waals surface area contributed by atoms with Crippen molar-refractivity contribution in [3.63, 3.8) is 0 Å². The van der Waals surface area contributed by atoms with Crippen molar-refractivity contribution >= 4 is 22.0 Å². The number of carbonyl (C=O) groups excluding carboxylic acids is 1. The fourth-order valence-corrected chi connectivity index (χ4v) is 2.29. The van der Waals surface area contributed by atoms with Crippen LogP contribution in [0.25, 0.3) is 0 Å². The zero-order valence-corrected chi connectivity index (χ0v) is 13.9. The summed E-state index contributed by atoms with van der Waals surface area (Å²) < 4.78 is 25.0. The van der Waals surface area contributed by atoms with Crippen LogP contribution in [0.1, 0.15) is 26.3 Å². The van der Waals surface area contributed by atoms with Crippen molar-refractivity contribution in [1.29, 1.82) is 0 Å². The molecule has 1 saturated heterocycles. The molecule has 0 unspecified atom stereocenters. The SMILES string of the molecule is CC(C)(C)OC(=O)N1CC(OCc2cccc(Br)c2F)C1. The van der Waals surface area contributed by atoms with Crippen molar-refractivity contribution in [3.8, 4) is 0 Å². The monoisotopic (exact) mass is 359 g/mol. The Kier molecular flexibility index (Phi) is 4.88. The third-order valence-corrected chi connectivity index (χ3v) is 3.62. The Morgan fingerprint density at radius 1 is 1.43 bits per heavy atom. The van der Waals surface area contributed by atoms with Crippen LogP contribution in [0.2, 0.25) is 0 Å². The first-order valence-corrected chi connectivity index (χ1v) is 7.58. The van der Waals surface area contributed by atoms with Gasteiger partial charge in [0.25, 0.3) is 0 Å². The predicted octanol–water partition coefficient (Wildman–Crippen LogP) is 3.72. The van der Waals surface area contributed by atoms with Gasteiger partial charge in [0.05, 0.1) is 30.3 Å². The Morgan fingerprint density at radius 2 is 2.10 bits per heavy atom. The molecule has 0 radical (unpaired) electrons. The number of halogens is 2. The molecule has 2 rings (SSSR count). The third kappa shape index (κ3) is 4.41. The van der Waals surface area contributed by atoms with Crippen molar-refractivity contribution < 1.29 is 18.7 Å². The molecule has 4 nitrogen and oxygen atoms in total. The Morgan fingerprint density at radius 3 is 2.71 bits per heavy atom. The number of nitrogens with zero attached hydrogens (tertiary/aromatic N) is 1. The first-order valence-electron chi connectivity index (χ1n) is 6.78. The lowest BCUT2D eigenvalue weighted by Crippen LogP contribution is -2.55. The average Bonchev–Trinajstić information content (AvgIpc) is 2.30. The highest BCUT2D eigenvalue weighted by Crippen LogP contribution is 2.22. The van der Waals surface area contributed by atoms with Crippen LogP contribution >= 0.6 is 15.9 Å². The second-order valence-corrected chi connectivity index (χ2v) is 6.89. The Labute approximate surface area is 132 Å². The van der Waals surface area contributed by atoms with E-state index < -0.39 is 5.60 Å². The second-order valence-electron chi connectivity index (χ2n) is 6.03. The quantitative estimate of drug-likeness (QED) is 0.825. The third-order valence-electron chi connectivity index (χ3n) is 3.01. The molecule has 1 aliphatic heterocycles. The molecule has 1 aromatic rings. The Balaban J connectivity index is 1.76. The van der Waals surface area contributed by atoms with Gasteiger partial charge in [-0.1, -0.05) is 12.1 Å². The highest BCUT2D eigenvalue weighted by molar-refractivity contribution is 9.10. The van der Waals surface area contributed by atoms with E-state index in [9.17, 15) is 9.18 Å². The van der Waals surface area contributed by atoms with E-state index in [4.69, 9.17) is 9.47 Å². The molecule has 1 heterocycles. The molecular weight excluding hydrogens is 341 g/mol. The molecule has 0 atom stereocenters. The maximum Gasteiger partial charge on any atom is 0.410 e. The van der Waals surface area contributed by atoms with Crippen molar-refractivity contribution in [3.05, 3.63) is 34.1 Å². The lowest BCUT2D eigenvalue weighted by atomic mass is 10.1.